The minimum absolute atomic E-state index is 0.000446. The van der Waals surface area contributed by atoms with Gasteiger partial charge >= 0.3 is 11.9 Å². The summed E-state index contributed by atoms with van der Waals surface area (Å²) in [6.45, 7) is 19.4. The number of amides is 3. The van der Waals surface area contributed by atoms with Gasteiger partial charge < -0.3 is 59.1 Å². The molecule has 2 fully saturated rings. The van der Waals surface area contributed by atoms with Crippen LogP contribution in [-0.2, 0) is 35.3 Å². The molecule has 24 heteroatoms. The Balaban J connectivity index is 0.000000337. The van der Waals surface area contributed by atoms with Gasteiger partial charge in [0, 0.05) is 103 Å². The third kappa shape index (κ3) is 16.3. The predicted molar refractivity (Wildman–Crippen MR) is 287 cm³/mol. The van der Waals surface area contributed by atoms with E-state index >= 15 is 0 Å². The van der Waals surface area contributed by atoms with E-state index in [-0.39, 0.29) is 37.1 Å². The van der Waals surface area contributed by atoms with Crippen molar-refractivity contribution >= 4 is 77.9 Å². The summed E-state index contributed by atoms with van der Waals surface area (Å²) in [6, 6.07) is 14.9. The van der Waals surface area contributed by atoms with Gasteiger partial charge in [-0.1, -0.05) is 49.2 Å². The summed E-state index contributed by atoms with van der Waals surface area (Å²) in [5, 5.41) is 29.1. The molecule has 3 aliphatic rings. The van der Waals surface area contributed by atoms with Crippen LogP contribution < -0.4 is 20.1 Å². The van der Waals surface area contributed by atoms with Crippen LogP contribution >= 0.6 is 35.2 Å². The second-order valence-corrected chi connectivity index (χ2v) is 19.7. The zero-order chi connectivity index (χ0) is 54.8. The molecule has 21 nitrogen and oxygen atoms in total. The largest absolute Gasteiger partial charge is 0.496 e. The smallest absolute Gasteiger partial charge is 0.317 e. The van der Waals surface area contributed by atoms with Crippen molar-refractivity contribution in [2.45, 2.75) is 45.9 Å². The van der Waals surface area contributed by atoms with Gasteiger partial charge in [-0.05, 0) is 80.9 Å². The fourth-order valence-electron chi connectivity index (χ4n) is 8.92. The quantitative estimate of drug-likeness (QED) is 0.0718. The highest BCUT2D eigenvalue weighted by atomic mass is 35.5. The van der Waals surface area contributed by atoms with Gasteiger partial charge in [-0.2, -0.15) is 5.10 Å². The summed E-state index contributed by atoms with van der Waals surface area (Å²) >= 11 is 13.3. The number of anilines is 1. The number of carbonyl (C=O) groups excluding carboxylic acids is 4. The van der Waals surface area contributed by atoms with Gasteiger partial charge in [0.2, 0.25) is 12.3 Å². The number of morpholine rings is 1. The molecule has 408 valence electrons. The van der Waals surface area contributed by atoms with Gasteiger partial charge in [-0.15, -0.1) is 0 Å². The summed E-state index contributed by atoms with van der Waals surface area (Å²) in [6.07, 6.45) is 0.411. The number of carboxylic acid groups (broad SMARTS) is 2. The zero-order valence-corrected chi connectivity index (χ0v) is 45.2. The molecule has 4 aromatic rings. The van der Waals surface area contributed by atoms with E-state index in [2.05, 4.69) is 34.3 Å². The number of benzene rings is 3. The molecule has 3 aromatic carbocycles. The number of rotatable bonds is 16. The van der Waals surface area contributed by atoms with Crippen molar-refractivity contribution in [3.63, 3.8) is 0 Å². The molecule has 3 amide bonds. The van der Waals surface area contributed by atoms with Crippen LogP contribution in [0.3, 0.4) is 0 Å². The second kappa shape index (κ2) is 28.9. The van der Waals surface area contributed by atoms with Crippen LogP contribution in [0, 0.1) is 0 Å². The number of nitrogens with one attached hydrogen (secondary N) is 2. The van der Waals surface area contributed by atoms with Crippen LogP contribution in [0.5, 0.6) is 11.5 Å². The highest BCUT2D eigenvalue weighted by Crippen LogP contribution is 2.47. The normalized spacial score (nSPS) is 16.8. The summed E-state index contributed by atoms with van der Waals surface area (Å²) in [4.78, 5) is 78.5. The summed E-state index contributed by atoms with van der Waals surface area (Å²) in [7, 11) is 1.55. The number of likely N-dealkylation sites (N-methyl/N-ethyl adjacent to an activating group) is 2. The van der Waals surface area contributed by atoms with Crippen molar-refractivity contribution in [3.05, 3.63) is 75.9 Å². The zero-order valence-electron chi connectivity index (χ0n) is 42.9. The number of methoxy groups -OCH3 is 1. The van der Waals surface area contributed by atoms with Crippen molar-refractivity contribution in [2.75, 3.05) is 116 Å². The second-order valence-electron chi connectivity index (χ2n) is 18.3. The molecule has 75 heavy (non-hydrogen) atoms. The van der Waals surface area contributed by atoms with Crippen molar-refractivity contribution in [1.29, 1.82) is 0 Å². The Bertz CT molecular complexity index is 2550. The number of hydrogen-bond acceptors (Lipinski definition) is 16. The highest BCUT2D eigenvalue weighted by Gasteiger charge is 2.39. The Kier molecular flexibility index (Phi) is 23.1. The standard InChI is InChI=1S/C34H33Cl2N5O7S.C16H32N4O4.CH2O/c1-34(2)17-47-8-7-40(34)33(44)30-26-15-48-29-14-28(46-3)24(13-25(29)31(26)41(39-30)23-11-20(35)10-21(36)12-23)19-5-4-6-22(9-19)38-32(43)27(16-49-45)37-18-42;1-3-17-5-6-18(4-2)8-10-20(14-16(23)24)12-11-19(9-7-17)13-15(21)22;1-2/h4-6,9-14,18,27,45H,7-8,15-17H2,1-3H3,(H,37,42)(H,38,43);3-14H2,1-2H3,(H,21,22)(H,23,24);1H2. The lowest BCUT2D eigenvalue weighted by molar-refractivity contribution is -0.140. The van der Waals surface area contributed by atoms with Gasteiger partial charge in [0.05, 0.1) is 50.3 Å². The van der Waals surface area contributed by atoms with Gasteiger partial charge in [0.15, 0.2) is 5.69 Å². The maximum Gasteiger partial charge on any atom is 0.317 e. The molecule has 1 aromatic heterocycles. The maximum absolute atomic E-state index is 14.2. The minimum Gasteiger partial charge on any atom is -0.496 e. The Morgan fingerprint density at radius 3 is 1.96 bits per heavy atom. The molecular weight excluding hydrogens is 1030 g/mol. The lowest BCUT2D eigenvalue weighted by atomic mass is 9.95. The van der Waals surface area contributed by atoms with Gasteiger partial charge in [-0.25, -0.2) is 4.68 Å². The molecule has 1 atom stereocenters. The van der Waals surface area contributed by atoms with Crippen LogP contribution in [0.25, 0.3) is 28.1 Å². The molecule has 2 saturated heterocycles. The lowest BCUT2D eigenvalue weighted by Gasteiger charge is -2.41. The number of ether oxygens (including phenoxy) is 3. The number of fused-ring (bicyclic) bond motifs is 3. The van der Waals surface area contributed by atoms with E-state index in [1.807, 2.05) is 42.6 Å². The van der Waals surface area contributed by atoms with Gasteiger partial charge in [0.1, 0.15) is 30.9 Å². The molecule has 1 unspecified atom stereocenters. The summed E-state index contributed by atoms with van der Waals surface area (Å²) in [5.41, 5.74) is 3.95. The lowest BCUT2D eigenvalue weighted by Crippen LogP contribution is -2.55. The first kappa shape index (κ1) is 60.0. The monoisotopic (exact) mass is 1100 g/mol. The number of carboxylic acids is 2. The molecule has 0 aliphatic carbocycles. The fraction of sp³-hybridized carbons (Fsp3) is 0.471. The topological polar surface area (TPSA) is 249 Å². The average Bonchev–Trinajstić information content (AvgIpc) is 3.78. The highest BCUT2D eigenvalue weighted by molar-refractivity contribution is 7.93. The van der Waals surface area contributed by atoms with Crippen molar-refractivity contribution in [1.82, 2.24) is 39.6 Å². The van der Waals surface area contributed by atoms with Crippen LogP contribution in [0.2, 0.25) is 10.0 Å². The molecule has 3 aliphatic heterocycles. The Morgan fingerprint density at radius 2 is 1.44 bits per heavy atom. The average molecular weight is 1100 g/mol. The molecular formula is C51H67Cl2N9O12S. The van der Waals surface area contributed by atoms with E-state index in [4.69, 9.17) is 57.5 Å². The fourth-order valence-corrected chi connectivity index (χ4v) is 9.83. The van der Waals surface area contributed by atoms with E-state index in [0.29, 0.717) is 125 Å². The maximum atomic E-state index is 14.2. The predicted octanol–water partition coefficient (Wildman–Crippen LogP) is 5.16. The molecule has 0 bridgehead atoms. The molecule has 0 spiro atoms. The van der Waals surface area contributed by atoms with Crippen molar-refractivity contribution in [3.8, 4) is 39.6 Å². The number of aliphatic carboxylic acids is 2. The van der Waals surface area contributed by atoms with Crippen molar-refractivity contribution in [2.24, 2.45) is 0 Å². The van der Waals surface area contributed by atoms with E-state index < -0.39 is 29.4 Å². The third-order valence-electron chi connectivity index (χ3n) is 12.9. The van der Waals surface area contributed by atoms with E-state index in [9.17, 15) is 28.5 Å². The first-order valence-electron chi connectivity index (χ1n) is 24.3. The molecule has 4 heterocycles. The number of hydrogen-bond donors (Lipinski definition) is 5. The van der Waals surface area contributed by atoms with Crippen LogP contribution in [-0.4, -0.2) is 209 Å². The minimum atomic E-state index is -0.940. The SMILES string of the molecule is C=O.CCN1CCN(CC)CCN(CC(=O)O)CCN(CC(=O)O)CC1.COc1cc2c(cc1-c1cccc(NC(=O)C(CSO)NC=O)c1)-c1c(c(C(=O)N3CCOCC3(C)C)nn1-c1cc(Cl)cc(Cl)c1)CO2. The van der Waals surface area contributed by atoms with Crippen LogP contribution in [0.15, 0.2) is 54.6 Å². The number of nitrogens with zero attached hydrogens (tertiary/aromatic N) is 7. The third-order valence-corrected chi connectivity index (χ3v) is 13.8. The Hall–Kier alpha value is -5.82. The number of carbonyl (C=O) groups is 6. The Morgan fingerprint density at radius 1 is 0.853 bits per heavy atom. The van der Waals surface area contributed by atoms with Gasteiger partial charge in [0.25, 0.3) is 5.91 Å². The number of halogens is 2. The number of aromatic nitrogens is 2. The molecule has 5 N–H and O–H groups in total. The first-order chi connectivity index (χ1) is 36.0. The van der Waals surface area contributed by atoms with E-state index in [1.54, 1.807) is 59.2 Å². The molecule has 0 radical (unpaired) electrons. The van der Waals surface area contributed by atoms with Crippen LogP contribution in [0.4, 0.5) is 5.69 Å². The summed E-state index contributed by atoms with van der Waals surface area (Å²) < 4.78 is 28.6. The first-order valence-corrected chi connectivity index (χ1v) is 26.0. The Labute approximate surface area is 451 Å². The van der Waals surface area contributed by atoms with Crippen molar-refractivity contribution < 1.29 is 57.7 Å². The van der Waals surface area contributed by atoms with E-state index in [0.717, 1.165) is 39.3 Å². The van der Waals surface area contributed by atoms with Crippen LogP contribution in [0.1, 0.15) is 43.7 Å². The van der Waals surface area contributed by atoms with Gasteiger partial charge in [-0.3, -0.25) is 33.8 Å². The van der Waals surface area contributed by atoms with E-state index in [1.165, 1.54) is 0 Å². The summed E-state index contributed by atoms with van der Waals surface area (Å²) in [5.74, 6) is -1.43. The molecule has 7 rings (SSSR count). The molecule has 0 saturated carbocycles.